The molecule has 1 heterocycles. The molecule has 0 fully saturated rings. The monoisotopic (exact) mass is 495 g/mol. The number of thiazole rings is 1. The van der Waals surface area contributed by atoms with Crippen LogP contribution in [0.1, 0.15) is 76.2 Å². The first-order chi connectivity index (χ1) is 16.0. The molecule has 9 heteroatoms. The lowest BCUT2D eigenvalue weighted by atomic mass is 9.96. The second-order valence-electron chi connectivity index (χ2n) is 9.12. The van der Waals surface area contributed by atoms with Crippen molar-refractivity contribution in [3.63, 3.8) is 0 Å². The minimum Gasteiger partial charge on any atom is -0.379 e. The molecule has 188 valence electrons. The zero-order chi connectivity index (χ0) is 25.3. The molecule has 0 saturated carbocycles. The standard InChI is InChI=1S/C25H35F2N3O3S/c1-6-20(29-22(31)10-9-17-12-18(26)14-19(27)13-17)23(32)30-24-28-15-21(34-24)16(2)8-7-11-25(3,4)33-5/h12-16,20H,6-11H2,1-5H3,(H,29,31)(H,28,30,32)/t16?,20-/m0/s1. The van der Waals surface area contributed by atoms with Crippen molar-refractivity contribution < 1.29 is 23.1 Å². The maximum absolute atomic E-state index is 13.3. The van der Waals surface area contributed by atoms with E-state index < -0.39 is 17.7 Å². The third-order valence-electron chi connectivity index (χ3n) is 5.83. The molecule has 0 aliphatic carbocycles. The van der Waals surface area contributed by atoms with Crippen LogP contribution in [0.2, 0.25) is 0 Å². The van der Waals surface area contributed by atoms with E-state index >= 15 is 0 Å². The predicted molar refractivity (Wildman–Crippen MR) is 131 cm³/mol. The van der Waals surface area contributed by atoms with Crippen LogP contribution in [0.5, 0.6) is 0 Å². The molecule has 2 N–H and O–H groups in total. The average Bonchev–Trinajstić information content (AvgIpc) is 3.23. The van der Waals surface area contributed by atoms with Crippen molar-refractivity contribution in [2.45, 2.75) is 83.8 Å². The highest BCUT2D eigenvalue weighted by atomic mass is 32.1. The predicted octanol–water partition coefficient (Wildman–Crippen LogP) is 5.59. The molecular weight excluding hydrogens is 460 g/mol. The lowest BCUT2D eigenvalue weighted by Gasteiger charge is -2.23. The number of anilines is 1. The van der Waals surface area contributed by atoms with Gasteiger partial charge in [-0.05, 0) is 69.6 Å². The molecule has 0 spiro atoms. The molecule has 1 unspecified atom stereocenters. The number of hydrogen-bond acceptors (Lipinski definition) is 5. The number of nitrogens with zero attached hydrogens (tertiary/aromatic N) is 1. The molecule has 0 saturated heterocycles. The molecule has 6 nitrogen and oxygen atoms in total. The van der Waals surface area contributed by atoms with Gasteiger partial charge >= 0.3 is 0 Å². The van der Waals surface area contributed by atoms with Crippen LogP contribution in [0.4, 0.5) is 13.9 Å². The van der Waals surface area contributed by atoms with Gasteiger partial charge in [-0.2, -0.15) is 0 Å². The maximum atomic E-state index is 13.3. The lowest BCUT2D eigenvalue weighted by Crippen LogP contribution is -2.43. The van der Waals surface area contributed by atoms with Crippen molar-refractivity contribution in [1.82, 2.24) is 10.3 Å². The number of aromatic nitrogens is 1. The smallest absolute Gasteiger partial charge is 0.248 e. The molecular formula is C25H35F2N3O3S. The fraction of sp³-hybridized carbons (Fsp3) is 0.560. The van der Waals surface area contributed by atoms with Crippen LogP contribution < -0.4 is 10.6 Å². The van der Waals surface area contributed by atoms with Gasteiger partial charge in [0.1, 0.15) is 17.7 Å². The topological polar surface area (TPSA) is 80.3 Å². The van der Waals surface area contributed by atoms with Crippen molar-refractivity contribution in [1.29, 1.82) is 0 Å². The number of carbonyl (C=O) groups excluding carboxylic acids is 2. The van der Waals surface area contributed by atoms with Crippen LogP contribution in [-0.4, -0.2) is 35.6 Å². The van der Waals surface area contributed by atoms with Crippen LogP contribution in [0, 0.1) is 11.6 Å². The largest absolute Gasteiger partial charge is 0.379 e. The second kappa shape index (κ2) is 12.9. The normalized spacial score (nSPS) is 13.4. The Hall–Kier alpha value is -2.39. The van der Waals surface area contributed by atoms with Crippen molar-refractivity contribution in [2.24, 2.45) is 0 Å². The van der Waals surface area contributed by atoms with Gasteiger partial charge < -0.3 is 15.4 Å². The van der Waals surface area contributed by atoms with Crippen LogP contribution in [0.25, 0.3) is 0 Å². The van der Waals surface area contributed by atoms with Crippen molar-refractivity contribution in [3.05, 3.63) is 46.5 Å². The Kier molecular flexibility index (Phi) is 10.6. The second-order valence-corrected chi connectivity index (χ2v) is 10.2. The molecule has 2 atom stereocenters. The Morgan fingerprint density at radius 3 is 2.50 bits per heavy atom. The number of methoxy groups -OCH3 is 1. The van der Waals surface area contributed by atoms with Crippen LogP contribution in [0.15, 0.2) is 24.4 Å². The van der Waals surface area contributed by atoms with E-state index in [2.05, 4.69) is 36.4 Å². The summed E-state index contributed by atoms with van der Waals surface area (Å²) in [5.41, 5.74) is 0.250. The highest BCUT2D eigenvalue weighted by molar-refractivity contribution is 7.15. The summed E-state index contributed by atoms with van der Waals surface area (Å²) in [7, 11) is 1.72. The van der Waals surface area contributed by atoms with Gasteiger partial charge in [0.15, 0.2) is 5.13 Å². The minimum atomic E-state index is -0.724. The van der Waals surface area contributed by atoms with Gasteiger partial charge in [-0.25, -0.2) is 13.8 Å². The third-order valence-corrected chi connectivity index (χ3v) is 6.98. The quantitative estimate of drug-likeness (QED) is 0.380. The maximum Gasteiger partial charge on any atom is 0.248 e. The van der Waals surface area contributed by atoms with Gasteiger partial charge in [0.2, 0.25) is 11.8 Å². The number of ether oxygens (including phenoxy) is 1. The number of aryl methyl sites for hydroxylation is 1. The number of hydrogen-bond donors (Lipinski definition) is 2. The van der Waals surface area contributed by atoms with E-state index in [1.54, 1.807) is 20.2 Å². The molecule has 1 aromatic heterocycles. The van der Waals surface area contributed by atoms with E-state index in [4.69, 9.17) is 4.74 Å². The Labute approximate surface area is 204 Å². The van der Waals surface area contributed by atoms with Crippen LogP contribution in [0.3, 0.4) is 0 Å². The summed E-state index contributed by atoms with van der Waals surface area (Å²) < 4.78 is 32.1. The van der Waals surface area contributed by atoms with E-state index in [1.807, 2.05) is 0 Å². The van der Waals surface area contributed by atoms with Crippen molar-refractivity contribution in [2.75, 3.05) is 12.4 Å². The SMILES string of the molecule is CC[C@H](NC(=O)CCc1cc(F)cc(F)c1)C(=O)Nc1ncc(C(C)CCCC(C)(C)OC)s1. The van der Waals surface area contributed by atoms with Gasteiger partial charge in [0.05, 0.1) is 5.60 Å². The number of benzene rings is 1. The third kappa shape index (κ3) is 9.10. The van der Waals surface area contributed by atoms with Crippen molar-refractivity contribution in [3.8, 4) is 0 Å². The van der Waals surface area contributed by atoms with E-state index in [0.717, 1.165) is 30.2 Å². The first-order valence-corrected chi connectivity index (χ1v) is 12.4. The highest BCUT2D eigenvalue weighted by Gasteiger charge is 2.21. The molecule has 0 aliphatic rings. The summed E-state index contributed by atoms with van der Waals surface area (Å²) in [6.45, 7) is 8.08. The summed E-state index contributed by atoms with van der Waals surface area (Å²) >= 11 is 1.43. The van der Waals surface area contributed by atoms with Gasteiger partial charge in [0.25, 0.3) is 0 Å². The number of rotatable bonds is 13. The lowest BCUT2D eigenvalue weighted by molar-refractivity contribution is -0.126. The van der Waals surface area contributed by atoms with Crippen molar-refractivity contribution >= 4 is 28.3 Å². The zero-order valence-corrected chi connectivity index (χ0v) is 21.4. The molecule has 0 bridgehead atoms. The zero-order valence-electron chi connectivity index (χ0n) is 20.5. The number of nitrogens with one attached hydrogen (secondary N) is 2. The number of carbonyl (C=O) groups is 2. The minimum absolute atomic E-state index is 0.0193. The highest BCUT2D eigenvalue weighted by Crippen LogP contribution is 2.30. The molecule has 0 aliphatic heterocycles. The van der Waals surface area contributed by atoms with Gasteiger partial charge in [-0.15, -0.1) is 11.3 Å². The van der Waals surface area contributed by atoms with E-state index in [-0.39, 0.29) is 30.3 Å². The molecule has 2 amide bonds. The Morgan fingerprint density at radius 1 is 1.21 bits per heavy atom. The molecule has 2 aromatic rings. The molecule has 2 rings (SSSR count). The van der Waals surface area contributed by atoms with Gasteiger partial charge in [-0.1, -0.05) is 13.8 Å². The van der Waals surface area contributed by atoms with E-state index in [0.29, 0.717) is 23.0 Å². The van der Waals surface area contributed by atoms with E-state index in [9.17, 15) is 18.4 Å². The molecule has 1 aromatic carbocycles. The summed E-state index contributed by atoms with van der Waals surface area (Å²) in [4.78, 5) is 30.4. The summed E-state index contributed by atoms with van der Waals surface area (Å²) in [6.07, 6.45) is 5.35. The summed E-state index contributed by atoms with van der Waals surface area (Å²) in [5, 5.41) is 5.97. The summed E-state index contributed by atoms with van der Waals surface area (Å²) in [6, 6.07) is 2.45. The Bertz CT molecular complexity index is 944. The molecule has 0 radical (unpaired) electrons. The van der Waals surface area contributed by atoms with Gasteiger partial charge in [0, 0.05) is 30.7 Å². The number of amides is 2. The average molecular weight is 496 g/mol. The first kappa shape index (κ1) is 27.9. The van der Waals surface area contributed by atoms with E-state index in [1.165, 1.54) is 23.5 Å². The van der Waals surface area contributed by atoms with Crippen LogP contribution in [-0.2, 0) is 20.7 Å². The van der Waals surface area contributed by atoms with Crippen LogP contribution >= 0.6 is 11.3 Å². The summed E-state index contributed by atoms with van der Waals surface area (Å²) in [5.74, 6) is -1.76. The first-order valence-electron chi connectivity index (χ1n) is 11.6. The Balaban J connectivity index is 1.84. The number of halogens is 2. The molecule has 34 heavy (non-hydrogen) atoms. The fourth-order valence-corrected chi connectivity index (χ4v) is 4.38. The Morgan fingerprint density at radius 2 is 1.88 bits per heavy atom. The van der Waals surface area contributed by atoms with Gasteiger partial charge in [-0.3, -0.25) is 9.59 Å². The fourth-order valence-electron chi connectivity index (χ4n) is 3.48.